The Morgan fingerprint density at radius 3 is 2.10 bits per heavy atom. The van der Waals surface area contributed by atoms with Gasteiger partial charge in [-0.05, 0) is 17.7 Å². The minimum atomic E-state index is -4.34. The molecule has 1 saturated heterocycles. The molecule has 0 spiro atoms. The van der Waals surface area contributed by atoms with E-state index in [9.17, 15) is 27.6 Å². The van der Waals surface area contributed by atoms with Crippen LogP contribution in [0.25, 0.3) is 0 Å². The van der Waals surface area contributed by atoms with Crippen molar-refractivity contribution in [1.29, 1.82) is 0 Å². The smallest absolute Gasteiger partial charge is 0.325 e. The van der Waals surface area contributed by atoms with Gasteiger partial charge in [-0.3, -0.25) is 9.59 Å². The SMILES string of the molecule is O=C(ON1C(=O)CCC1=O)c1ccc(CC(F)(F)F)cc1. The Hall–Kier alpha value is -2.38. The van der Waals surface area contributed by atoms with Crippen molar-refractivity contribution in [2.45, 2.75) is 25.4 Å². The Morgan fingerprint density at radius 2 is 1.62 bits per heavy atom. The van der Waals surface area contributed by atoms with Crippen LogP contribution in [0.4, 0.5) is 13.2 Å². The summed E-state index contributed by atoms with van der Waals surface area (Å²) in [6.45, 7) is 0. The maximum Gasteiger partial charge on any atom is 0.393 e. The number of carbonyl (C=O) groups is 3. The molecule has 0 saturated carbocycles. The van der Waals surface area contributed by atoms with Crippen LogP contribution in [-0.2, 0) is 20.8 Å². The van der Waals surface area contributed by atoms with Crippen molar-refractivity contribution in [3.63, 3.8) is 0 Å². The average Bonchev–Trinajstić information content (AvgIpc) is 2.69. The largest absolute Gasteiger partial charge is 0.393 e. The molecule has 2 amide bonds. The quantitative estimate of drug-likeness (QED) is 0.801. The number of carbonyl (C=O) groups excluding carboxylic acids is 3. The molecule has 5 nitrogen and oxygen atoms in total. The Balaban J connectivity index is 2.03. The van der Waals surface area contributed by atoms with E-state index in [4.69, 9.17) is 0 Å². The zero-order valence-corrected chi connectivity index (χ0v) is 10.6. The summed E-state index contributed by atoms with van der Waals surface area (Å²) in [4.78, 5) is 38.9. The number of benzene rings is 1. The molecule has 1 fully saturated rings. The predicted molar refractivity (Wildman–Crippen MR) is 62.7 cm³/mol. The summed E-state index contributed by atoms with van der Waals surface area (Å²) >= 11 is 0. The number of nitrogens with zero attached hydrogens (tertiary/aromatic N) is 1. The third-order valence-electron chi connectivity index (χ3n) is 2.77. The van der Waals surface area contributed by atoms with Gasteiger partial charge in [-0.25, -0.2) is 4.79 Å². The Labute approximate surface area is 117 Å². The highest BCUT2D eigenvalue weighted by Gasteiger charge is 2.33. The van der Waals surface area contributed by atoms with Crippen LogP contribution in [0.5, 0.6) is 0 Å². The number of hydrogen-bond acceptors (Lipinski definition) is 4. The highest BCUT2D eigenvalue weighted by atomic mass is 19.4. The van der Waals surface area contributed by atoms with Crippen molar-refractivity contribution in [1.82, 2.24) is 5.06 Å². The number of imide groups is 1. The molecule has 0 atom stereocenters. The van der Waals surface area contributed by atoms with E-state index in [0.29, 0.717) is 5.06 Å². The summed E-state index contributed by atoms with van der Waals surface area (Å²) in [6.07, 6.45) is -5.50. The van der Waals surface area contributed by atoms with Crippen LogP contribution in [0, 0.1) is 0 Å². The molecular weight excluding hydrogens is 291 g/mol. The van der Waals surface area contributed by atoms with E-state index in [2.05, 4.69) is 4.84 Å². The molecule has 1 aliphatic rings. The Morgan fingerprint density at radius 1 is 1.10 bits per heavy atom. The fourth-order valence-corrected chi connectivity index (χ4v) is 1.78. The summed E-state index contributed by atoms with van der Waals surface area (Å²) in [5.41, 5.74) is -0.0548. The number of alkyl halides is 3. The van der Waals surface area contributed by atoms with Gasteiger partial charge in [0, 0.05) is 12.8 Å². The lowest BCUT2D eigenvalue weighted by Crippen LogP contribution is -2.32. The molecule has 0 aliphatic carbocycles. The van der Waals surface area contributed by atoms with E-state index in [0.717, 1.165) is 24.3 Å². The molecular formula is C13H10F3NO4. The summed E-state index contributed by atoms with van der Waals surface area (Å²) in [7, 11) is 0. The van der Waals surface area contributed by atoms with E-state index in [1.54, 1.807) is 0 Å². The lowest BCUT2D eigenvalue weighted by molar-refractivity contribution is -0.172. The number of hydrogen-bond donors (Lipinski definition) is 0. The Bertz CT molecular complexity index is 564. The van der Waals surface area contributed by atoms with E-state index < -0.39 is 30.4 Å². The zero-order chi connectivity index (χ0) is 15.6. The van der Waals surface area contributed by atoms with Crippen molar-refractivity contribution in [3.8, 4) is 0 Å². The lowest BCUT2D eigenvalue weighted by Gasteiger charge is -2.12. The van der Waals surface area contributed by atoms with Crippen LogP contribution in [0.1, 0.15) is 28.8 Å². The minimum Gasteiger partial charge on any atom is -0.325 e. The number of amides is 2. The first-order valence-corrected chi connectivity index (χ1v) is 6.00. The van der Waals surface area contributed by atoms with Crippen LogP contribution in [0.15, 0.2) is 24.3 Å². The molecule has 0 bridgehead atoms. The molecule has 0 aromatic heterocycles. The van der Waals surface area contributed by atoms with Gasteiger partial charge in [0.25, 0.3) is 11.8 Å². The maximum absolute atomic E-state index is 12.2. The molecule has 2 rings (SSSR count). The fraction of sp³-hybridized carbons (Fsp3) is 0.308. The Kier molecular flexibility index (Phi) is 3.97. The maximum atomic E-state index is 12.2. The van der Waals surface area contributed by atoms with Crippen molar-refractivity contribution in [2.75, 3.05) is 0 Å². The van der Waals surface area contributed by atoms with Gasteiger partial charge < -0.3 is 4.84 Å². The van der Waals surface area contributed by atoms with Gasteiger partial charge in [0.05, 0.1) is 12.0 Å². The molecule has 0 N–H and O–H groups in total. The number of hydroxylamine groups is 2. The predicted octanol–water partition coefficient (Wildman–Crippen LogP) is 2.01. The molecule has 8 heteroatoms. The van der Waals surface area contributed by atoms with E-state index in [1.165, 1.54) is 0 Å². The van der Waals surface area contributed by atoms with Gasteiger partial charge >= 0.3 is 12.1 Å². The molecule has 1 aromatic rings. The normalized spacial score (nSPS) is 15.5. The summed E-state index contributed by atoms with van der Waals surface area (Å²) in [5.74, 6) is -2.22. The second kappa shape index (κ2) is 5.55. The lowest BCUT2D eigenvalue weighted by atomic mass is 10.1. The van der Waals surface area contributed by atoms with Crippen LogP contribution >= 0.6 is 0 Å². The topological polar surface area (TPSA) is 63.7 Å². The average molecular weight is 301 g/mol. The molecule has 112 valence electrons. The van der Waals surface area contributed by atoms with Gasteiger partial charge in [-0.2, -0.15) is 13.2 Å². The van der Waals surface area contributed by atoms with Gasteiger partial charge in [0.15, 0.2) is 0 Å². The summed E-state index contributed by atoms with van der Waals surface area (Å²) in [6, 6.07) is 4.57. The van der Waals surface area contributed by atoms with Crippen LogP contribution in [-0.4, -0.2) is 29.0 Å². The first kappa shape index (κ1) is 15.0. The minimum absolute atomic E-state index is 0.00706. The second-order valence-electron chi connectivity index (χ2n) is 4.45. The van der Waals surface area contributed by atoms with Crippen molar-refractivity contribution >= 4 is 17.8 Å². The van der Waals surface area contributed by atoms with Gasteiger partial charge in [0.1, 0.15) is 0 Å². The number of rotatable bonds is 3. The zero-order valence-electron chi connectivity index (χ0n) is 10.6. The van der Waals surface area contributed by atoms with Crippen molar-refractivity contribution in [2.24, 2.45) is 0 Å². The second-order valence-corrected chi connectivity index (χ2v) is 4.45. The first-order chi connectivity index (χ1) is 9.76. The van der Waals surface area contributed by atoms with E-state index in [-0.39, 0.29) is 24.0 Å². The fourth-order valence-electron chi connectivity index (χ4n) is 1.78. The third kappa shape index (κ3) is 3.80. The number of halogens is 3. The van der Waals surface area contributed by atoms with Gasteiger partial charge in [0.2, 0.25) is 0 Å². The highest BCUT2D eigenvalue weighted by molar-refractivity contribution is 6.02. The summed E-state index contributed by atoms with van der Waals surface area (Å²) < 4.78 is 36.6. The molecule has 1 aliphatic heterocycles. The molecule has 1 heterocycles. The first-order valence-electron chi connectivity index (χ1n) is 6.00. The standard InChI is InChI=1S/C13H10F3NO4/c14-13(15,16)7-8-1-3-9(4-2-8)12(20)21-17-10(18)5-6-11(17)19/h1-4H,5-7H2. The van der Waals surface area contributed by atoms with Gasteiger partial charge in [-0.15, -0.1) is 5.06 Å². The van der Waals surface area contributed by atoms with E-state index >= 15 is 0 Å². The molecule has 21 heavy (non-hydrogen) atoms. The van der Waals surface area contributed by atoms with Crippen LogP contribution in [0.3, 0.4) is 0 Å². The van der Waals surface area contributed by atoms with E-state index in [1.807, 2.05) is 0 Å². The van der Waals surface area contributed by atoms with Crippen molar-refractivity contribution < 1.29 is 32.4 Å². The molecule has 0 unspecified atom stereocenters. The van der Waals surface area contributed by atoms with Crippen LogP contribution < -0.4 is 0 Å². The highest BCUT2D eigenvalue weighted by Crippen LogP contribution is 2.21. The van der Waals surface area contributed by atoms with Crippen LogP contribution in [0.2, 0.25) is 0 Å². The van der Waals surface area contributed by atoms with Gasteiger partial charge in [-0.1, -0.05) is 12.1 Å². The molecule has 1 aromatic carbocycles. The summed E-state index contributed by atoms with van der Waals surface area (Å²) in [5, 5.41) is 0.381. The van der Waals surface area contributed by atoms with Crippen molar-refractivity contribution in [3.05, 3.63) is 35.4 Å². The third-order valence-corrected chi connectivity index (χ3v) is 2.77. The monoisotopic (exact) mass is 301 g/mol. The molecule has 0 radical (unpaired) electrons.